The fourth-order valence-electron chi connectivity index (χ4n) is 1.21. The van der Waals surface area contributed by atoms with Crippen molar-refractivity contribution in [2.75, 3.05) is 0 Å². The van der Waals surface area contributed by atoms with E-state index in [0.717, 1.165) is 12.1 Å². The molecule has 1 rings (SSSR count). The second kappa shape index (κ2) is 4.60. The molecule has 15 heavy (non-hydrogen) atoms. The van der Waals surface area contributed by atoms with Gasteiger partial charge in [0.2, 0.25) is 0 Å². The molecule has 0 aliphatic heterocycles. The van der Waals surface area contributed by atoms with Crippen LogP contribution >= 0.6 is 0 Å². The van der Waals surface area contributed by atoms with Gasteiger partial charge in [0.05, 0.1) is 12.3 Å². The number of aromatic nitrogens is 2. The predicted molar refractivity (Wildman–Crippen MR) is 60.7 cm³/mol. The van der Waals surface area contributed by atoms with Gasteiger partial charge in [-0.2, -0.15) is 10.4 Å². The molecule has 0 amide bonds. The van der Waals surface area contributed by atoms with E-state index in [9.17, 15) is 0 Å². The van der Waals surface area contributed by atoms with Crippen molar-refractivity contribution >= 4 is 8.32 Å². The zero-order valence-electron chi connectivity index (χ0n) is 9.69. The molecule has 5 heteroatoms. The highest BCUT2D eigenvalue weighted by molar-refractivity contribution is 6.69. The molecule has 0 aromatic carbocycles. The molecule has 0 aliphatic carbocycles. The maximum atomic E-state index is 9.03. The summed E-state index contributed by atoms with van der Waals surface area (Å²) >= 11 is 0. The van der Waals surface area contributed by atoms with Crippen molar-refractivity contribution in [2.24, 2.45) is 0 Å². The van der Waals surface area contributed by atoms with Crippen molar-refractivity contribution in [3.05, 3.63) is 18.0 Å². The smallest absolute Gasteiger partial charge is 0.186 e. The monoisotopic (exact) mass is 223 g/mol. The Morgan fingerprint density at radius 2 is 2.27 bits per heavy atom. The van der Waals surface area contributed by atoms with Gasteiger partial charge in [0.15, 0.2) is 14.4 Å². The molecule has 0 saturated heterocycles. The third kappa shape index (κ3) is 3.50. The van der Waals surface area contributed by atoms with E-state index in [1.807, 2.05) is 13.1 Å². The molecular formula is C10H17N3OSi. The molecule has 0 fully saturated rings. The van der Waals surface area contributed by atoms with E-state index < -0.39 is 14.4 Å². The first-order valence-corrected chi connectivity index (χ1v) is 8.47. The Morgan fingerprint density at radius 1 is 1.60 bits per heavy atom. The van der Waals surface area contributed by atoms with Gasteiger partial charge in [0.1, 0.15) is 0 Å². The first-order chi connectivity index (χ1) is 6.96. The SMILES string of the molecule is CCn1cc(C(C#N)O[Si](C)(C)C)cn1. The van der Waals surface area contributed by atoms with Gasteiger partial charge in [-0.3, -0.25) is 4.68 Å². The lowest BCUT2D eigenvalue weighted by Gasteiger charge is -2.20. The molecule has 1 aromatic heterocycles. The summed E-state index contributed by atoms with van der Waals surface area (Å²) in [4.78, 5) is 0. The van der Waals surface area contributed by atoms with Crippen LogP contribution in [-0.2, 0) is 11.0 Å². The summed E-state index contributed by atoms with van der Waals surface area (Å²) < 4.78 is 7.55. The van der Waals surface area contributed by atoms with Crippen LogP contribution in [0.3, 0.4) is 0 Å². The summed E-state index contributed by atoms with van der Waals surface area (Å²) in [5.74, 6) is 0. The minimum absolute atomic E-state index is 0.475. The van der Waals surface area contributed by atoms with Crippen molar-refractivity contribution in [3.63, 3.8) is 0 Å². The van der Waals surface area contributed by atoms with Crippen LogP contribution in [0, 0.1) is 11.3 Å². The van der Waals surface area contributed by atoms with E-state index in [1.165, 1.54) is 0 Å². The van der Waals surface area contributed by atoms with E-state index in [1.54, 1.807) is 10.9 Å². The van der Waals surface area contributed by atoms with Gasteiger partial charge in [0.25, 0.3) is 0 Å². The fourth-order valence-corrected chi connectivity index (χ4v) is 2.11. The van der Waals surface area contributed by atoms with E-state index >= 15 is 0 Å². The van der Waals surface area contributed by atoms with Gasteiger partial charge >= 0.3 is 0 Å². The summed E-state index contributed by atoms with van der Waals surface area (Å²) in [5.41, 5.74) is 0.849. The lowest BCUT2D eigenvalue weighted by molar-refractivity contribution is 0.255. The van der Waals surface area contributed by atoms with Crippen LogP contribution in [0.4, 0.5) is 0 Å². The zero-order valence-corrected chi connectivity index (χ0v) is 10.7. The molecule has 4 nitrogen and oxygen atoms in total. The van der Waals surface area contributed by atoms with Crippen LogP contribution in [0.2, 0.25) is 19.6 Å². The number of aryl methyl sites for hydroxylation is 1. The van der Waals surface area contributed by atoms with Gasteiger partial charge in [-0.05, 0) is 26.6 Å². The molecule has 0 radical (unpaired) electrons. The van der Waals surface area contributed by atoms with E-state index in [2.05, 4.69) is 30.8 Å². The topological polar surface area (TPSA) is 50.8 Å². The van der Waals surface area contributed by atoms with Crippen LogP contribution in [0.5, 0.6) is 0 Å². The second-order valence-corrected chi connectivity index (χ2v) is 8.83. The molecule has 1 atom stereocenters. The Kier molecular flexibility index (Phi) is 3.66. The molecule has 0 saturated carbocycles. The van der Waals surface area contributed by atoms with Crippen molar-refractivity contribution in [3.8, 4) is 6.07 Å². The molecule has 1 aromatic rings. The van der Waals surface area contributed by atoms with E-state index in [0.29, 0.717) is 0 Å². The third-order valence-electron chi connectivity index (χ3n) is 1.87. The Morgan fingerprint density at radius 3 is 2.67 bits per heavy atom. The van der Waals surface area contributed by atoms with Crippen LogP contribution in [-0.4, -0.2) is 18.1 Å². The van der Waals surface area contributed by atoms with Gasteiger partial charge in [0, 0.05) is 18.3 Å². The number of nitrogens with zero attached hydrogens (tertiary/aromatic N) is 3. The highest BCUT2D eigenvalue weighted by Gasteiger charge is 2.23. The quantitative estimate of drug-likeness (QED) is 0.736. The maximum absolute atomic E-state index is 9.03. The summed E-state index contributed by atoms with van der Waals surface area (Å²) in [7, 11) is -1.68. The van der Waals surface area contributed by atoms with E-state index in [4.69, 9.17) is 9.69 Å². The van der Waals surface area contributed by atoms with Crippen LogP contribution < -0.4 is 0 Å². The Hall–Kier alpha value is -1.12. The van der Waals surface area contributed by atoms with Crippen LogP contribution in [0.25, 0.3) is 0 Å². The molecule has 82 valence electrons. The standard InChI is InChI=1S/C10H17N3OSi/c1-5-13-8-9(7-12-13)10(6-11)14-15(2,3)4/h7-8,10H,5H2,1-4H3. The highest BCUT2D eigenvalue weighted by Crippen LogP contribution is 2.20. The fraction of sp³-hybridized carbons (Fsp3) is 0.600. The molecule has 0 N–H and O–H groups in total. The Balaban J connectivity index is 2.80. The maximum Gasteiger partial charge on any atom is 0.186 e. The summed E-state index contributed by atoms with van der Waals surface area (Å²) in [6, 6.07) is 2.17. The first-order valence-electron chi connectivity index (χ1n) is 5.06. The van der Waals surface area contributed by atoms with Crippen molar-refractivity contribution < 1.29 is 4.43 Å². The normalized spacial score (nSPS) is 13.5. The third-order valence-corrected chi connectivity index (χ3v) is 2.81. The van der Waals surface area contributed by atoms with Gasteiger partial charge in [-0.15, -0.1) is 0 Å². The molecular weight excluding hydrogens is 206 g/mol. The lowest BCUT2D eigenvalue weighted by atomic mass is 10.2. The Bertz CT molecular complexity index is 361. The molecule has 0 aliphatic rings. The Labute approximate surface area is 91.6 Å². The molecule has 1 unspecified atom stereocenters. The van der Waals surface area contributed by atoms with Crippen molar-refractivity contribution in [1.29, 1.82) is 5.26 Å². The van der Waals surface area contributed by atoms with Crippen molar-refractivity contribution in [2.45, 2.75) is 39.2 Å². The average Bonchev–Trinajstić information content (AvgIpc) is 2.60. The minimum Gasteiger partial charge on any atom is -0.399 e. The summed E-state index contributed by atoms with van der Waals surface area (Å²) in [6.07, 6.45) is 3.10. The second-order valence-electron chi connectivity index (χ2n) is 4.37. The van der Waals surface area contributed by atoms with Crippen LogP contribution in [0.15, 0.2) is 12.4 Å². The number of rotatable bonds is 4. The number of nitriles is 1. The molecule has 0 bridgehead atoms. The largest absolute Gasteiger partial charge is 0.399 e. The predicted octanol–water partition coefficient (Wildman–Crippen LogP) is 2.32. The van der Waals surface area contributed by atoms with E-state index in [-0.39, 0.29) is 0 Å². The van der Waals surface area contributed by atoms with Gasteiger partial charge in [-0.25, -0.2) is 0 Å². The number of hydrogen-bond donors (Lipinski definition) is 0. The van der Waals surface area contributed by atoms with Gasteiger partial charge < -0.3 is 4.43 Å². The first kappa shape index (κ1) is 11.9. The van der Waals surface area contributed by atoms with Crippen LogP contribution in [0.1, 0.15) is 18.6 Å². The molecule has 0 spiro atoms. The lowest BCUT2D eigenvalue weighted by Crippen LogP contribution is -2.27. The molecule has 1 heterocycles. The number of hydrogen-bond acceptors (Lipinski definition) is 3. The summed E-state index contributed by atoms with van der Waals surface area (Å²) in [5, 5.41) is 13.2. The highest BCUT2D eigenvalue weighted by atomic mass is 28.4. The summed E-state index contributed by atoms with van der Waals surface area (Å²) in [6.45, 7) is 9.04. The van der Waals surface area contributed by atoms with Crippen molar-refractivity contribution in [1.82, 2.24) is 9.78 Å². The zero-order chi connectivity index (χ0) is 11.5. The average molecular weight is 223 g/mol. The minimum atomic E-state index is -1.68. The van der Waals surface area contributed by atoms with Gasteiger partial charge in [-0.1, -0.05) is 0 Å².